The summed E-state index contributed by atoms with van der Waals surface area (Å²) < 4.78 is 15.1. The minimum absolute atomic E-state index is 0.258. The lowest BCUT2D eigenvalue weighted by atomic mass is 10.2. The summed E-state index contributed by atoms with van der Waals surface area (Å²) in [5.74, 6) is 0.164. The molecule has 136 valence electrons. The fourth-order valence-electron chi connectivity index (χ4n) is 2.65. The Kier molecular flexibility index (Phi) is 4.80. The Morgan fingerprint density at radius 1 is 1.15 bits per heavy atom. The average Bonchev–Trinajstić information content (AvgIpc) is 3.24. The summed E-state index contributed by atoms with van der Waals surface area (Å²) in [6.07, 6.45) is 0.605. The number of rotatable bonds is 5. The molecule has 0 aliphatic carbocycles. The average molecular weight is 381 g/mol. The quantitative estimate of drug-likeness (QED) is 0.550. The molecule has 0 bridgehead atoms. The van der Waals surface area contributed by atoms with Gasteiger partial charge in [0.2, 0.25) is 4.96 Å². The number of anilines is 1. The number of nitrogens with zero attached hydrogens (tertiary/aromatic N) is 3. The summed E-state index contributed by atoms with van der Waals surface area (Å²) in [7, 11) is 0. The van der Waals surface area contributed by atoms with Crippen LogP contribution in [0, 0.1) is 5.82 Å². The SMILES string of the molecule is O=C(NCCc1csc2nc(-c3cccc(F)c3)nn12)Nc1ccccc1. The number of nitrogens with one attached hydrogen (secondary N) is 2. The third-order valence-electron chi connectivity index (χ3n) is 3.93. The minimum atomic E-state index is -0.320. The van der Waals surface area contributed by atoms with Crippen molar-refractivity contribution in [3.8, 4) is 11.4 Å². The number of carbonyl (C=O) groups is 1. The number of halogens is 1. The van der Waals surface area contributed by atoms with Crippen LogP contribution in [0.1, 0.15) is 5.69 Å². The molecule has 2 aromatic heterocycles. The van der Waals surface area contributed by atoms with Gasteiger partial charge in [-0.25, -0.2) is 13.7 Å². The highest BCUT2D eigenvalue weighted by Crippen LogP contribution is 2.21. The van der Waals surface area contributed by atoms with E-state index in [9.17, 15) is 9.18 Å². The third kappa shape index (κ3) is 3.95. The maximum Gasteiger partial charge on any atom is 0.319 e. The standard InChI is InChI=1S/C19H16FN5OS/c20-14-6-4-5-13(11-14)17-23-19-25(24-17)16(12-27-19)9-10-21-18(26)22-15-7-2-1-3-8-15/h1-8,11-12H,9-10H2,(H2,21,22,26). The second-order valence-corrected chi connectivity index (χ2v) is 6.70. The first kappa shape index (κ1) is 17.2. The number of hydrogen-bond donors (Lipinski definition) is 2. The summed E-state index contributed by atoms with van der Waals surface area (Å²) in [6, 6.07) is 15.2. The van der Waals surface area contributed by atoms with E-state index in [-0.39, 0.29) is 11.8 Å². The van der Waals surface area contributed by atoms with E-state index in [0.717, 1.165) is 16.3 Å². The first-order valence-corrected chi connectivity index (χ1v) is 9.26. The number of para-hydroxylation sites is 1. The molecule has 0 aliphatic heterocycles. The van der Waals surface area contributed by atoms with E-state index < -0.39 is 0 Å². The molecule has 0 atom stereocenters. The molecule has 2 heterocycles. The van der Waals surface area contributed by atoms with Crippen molar-refractivity contribution in [1.82, 2.24) is 19.9 Å². The number of fused-ring (bicyclic) bond motifs is 1. The van der Waals surface area contributed by atoms with Gasteiger partial charge in [-0.15, -0.1) is 16.4 Å². The first-order chi connectivity index (χ1) is 13.2. The van der Waals surface area contributed by atoms with E-state index in [1.807, 2.05) is 35.7 Å². The van der Waals surface area contributed by atoms with Crippen molar-refractivity contribution in [2.45, 2.75) is 6.42 Å². The van der Waals surface area contributed by atoms with E-state index in [2.05, 4.69) is 20.7 Å². The maximum absolute atomic E-state index is 13.4. The third-order valence-corrected chi connectivity index (χ3v) is 4.80. The number of urea groups is 1. The Balaban J connectivity index is 1.40. The number of amides is 2. The molecule has 8 heteroatoms. The van der Waals surface area contributed by atoms with Gasteiger partial charge in [-0.2, -0.15) is 4.98 Å². The molecule has 0 spiro atoms. The summed E-state index contributed by atoms with van der Waals surface area (Å²) in [6.45, 7) is 0.458. The lowest BCUT2D eigenvalue weighted by Gasteiger charge is -2.06. The molecule has 2 aromatic carbocycles. The molecule has 0 fully saturated rings. The van der Waals surface area contributed by atoms with E-state index in [1.165, 1.54) is 23.5 Å². The molecule has 0 saturated carbocycles. The van der Waals surface area contributed by atoms with Crippen molar-refractivity contribution in [2.24, 2.45) is 0 Å². The van der Waals surface area contributed by atoms with Gasteiger partial charge in [0.05, 0.1) is 5.69 Å². The first-order valence-electron chi connectivity index (χ1n) is 8.38. The number of hydrogen-bond acceptors (Lipinski definition) is 4. The topological polar surface area (TPSA) is 71.3 Å². The van der Waals surface area contributed by atoms with Crippen molar-refractivity contribution in [2.75, 3.05) is 11.9 Å². The van der Waals surface area contributed by atoms with Crippen molar-refractivity contribution in [3.05, 3.63) is 71.5 Å². The fourth-order valence-corrected chi connectivity index (χ4v) is 3.50. The van der Waals surface area contributed by atoms with Gasteiger partial charge in [0.15, 0.2) is 5.82 Å². The van der Waals surface area contributed by atoms with Gasteiger partial charge in [-0.05, 0) is 24.3 Å². The van der Waals surface area contributed by atoms with Crippen molar-refractivity contribution in [3.63, 3.8) is 0 Å². The molecule has 4 rings (SSSR count). The number of benzene rings is 2. The van der Waals surface area contributed by atoms with E-state index in [1.54, 1.807) is 16.6 Å². The monoisotopic (exact) mass is 381 g/mol. The molecule has 2 amide bonds. The van der Waals surface area contributed by atoms with Crippen LogP contribution in [0.25, 0.3) is 16.3 Å². The molecule has 0 aliphatic rings. The molecular formula is C19H16FN5OS. The Bertz CT molecular complexity index is 1080. The summed E-state index contributed by atoms with van der Waals surface area (Å²) in [5.41, 5.74) is 2.31. The van der Waals surface area contributed by atoms with E-state index >= 15 is 0 Å². The second-order valence-electron chi connectivity index (χ2n) is 5.86. The Morgan fingerprint density at radius 2 is 2.00 bits per heavy atom. The van der Waals surface area contributed by atoms with Gasteiger partial charge in [-0.3, -0.25) is 0 Å². The van der Waals surface area contributed by atoms with Crippen LogP contribution in [0.4, 0.5) is 14.9 Å². The van der Waals surface area contributed by atoms with Crippen LogP contribution in [-0.2, 0) is 6.42 Å². The van der Waals surface area contributed by atoms with E-state index in [4.69, 9.17) is 0 Å². The zero-order valence-electron chi connectivity index (χ0n) is 14.2. The van der Waals surface area contributed by atoms with Crippen LogP contribution in [0.2, 0.25) is 0 Å². The van der Waals surface area contributed by atoms with Gasteiger partial charge in [-0.1, -0.05) is 30.3 Å². The molecule has 0 saturated heterocycles. The van der Waals surface area contributed by atoms with E-state index in [0.29, 0.717) is 24.4 Å². The van der Waals surface area contributed by atoms with Crippen molar-refractivity contribution >= 4 is 28.0 Å². The molecule has 0 unspecified atom stereocenters. The van der Waals surface area contributed by atoms with Crippen LogP contribution >= 0.6 is 11.3 Å². The van der Waals surface area contributed by atoms with Gasteiger partial charge < -0.3 is 10.6 Å². The Labute approximate surface area is 158 Å². The Morgan fingerprint density at radius 3 is 2.81 bits per heavy atom. The van der Waals surface area contributed by atoms with Gasteiger partial charge >= 0.3 is 6.03 Å². The summed E-state index contributed by atoms with van der Waals surface area (Å²) in [4.78, 5) is 17.1. The molecule has 2 N–H and O–H groups in total. The van der Waals surface area contributed by atoms with Gasteiger partial charge in [0, 0.05) is 29.6 Å². The van der Waals surface area contributed by atoms with Gasteiger partial charge in [0.1, 0.15) is 5.82 Å². The van der Waals surface area contributed by atoms with Crippen LogP contribution in [0.5, 0.6) is 0 Å². The lowest BCUT2D eigenvalue weighted by molar-refractivity contribution is 0.252. The number of aromatic nitrogens is 3. The molecular weight excluding hydrogens is 365 g/mol. The normalized spacial score (nSPS) is 10.9. The summed E-state index contributed by atoms with van der Waals surface area (Å²) >= 11 is 1.46. The maximum atomic E-state index is 13.4. The highest BCUT2D eigenvalue weighted by atomic mass is 32.1. The minimum Gasteiger partial charge on any atom is -0.337 e. The zero-order valence-corrected chi connectivity index (χ0v) is 15.0. The molecule has 4 aromatic rings. The highest BCUT2D eigenvalue weighted by molar-refractivity contribution is 7.15. The second kappa shape index (κ2) is 7.55. The number of carbonyl (C=O) groups excluding carboxylic acids is 1. The van der Waals surface area contributed by atoms with Crippen LogP contribution in [-0.4, -0.2) is 27.2 Å². The van der Waals surface area contributed by atoms with Crippen molar-refractivity contribution < 1.29 is 9.18 Å². The predicted molar refractivity (Wildman–Crippen MR) is 103 cm³/mol. The lowest BCUT2D eigenvalue weighted by Crippen LogP contribution is -2.30. The molecule has 0 radical (unpaired) electrons. The molecule has 6 nitrogen and oxygen atoms in total. The smallest absolute Gasteiger partial charge is 0.319 e. The van der Waals surface area contributed by atoms with Crippen molar-refractivity contribution in [1.29, 1.82) is 0 Å². The largest absolute Gasteiger partial charge is 0.337 e. The zero-order chi connectivity index (χ0) is 18.6. The molecule has 27 heavy (non-hydrogen) atoms. The summed E-state index contributed by atoms with van der Waals surface area (Å²) in [5, 5.41) is 12.0. The van der Waals surface area contributed by atoms with Crippen LogP contribution in [0.15, 0.2) is 60.0 Å². The highest BCUT2D eigenvalue weighted by Gasteiger charge is 2.12. The Hall–Kier alpha value is -3.26. The van der Waals surface area contributed by atoms with Gasteiger partial charge in [0.25, 0.3) is 0 Å². The fraction of sp³-hybridized carbons (Fsp3) is 0.105. The van der Waals surface area contributed by atoms with Crippen LogP contribution < -0.4 is 10.6 Å². The predicted octanol–water partition coefficient (Wildman–Crippen LogP) is 3.96. The number of thiazole rings is 1. The van der Waals surface area contributed by atoms with Crippen LogP contribution in [0.3, 0.4) is 0 Å².